The molecular formula is C26H26Cl2N4O3S. The fraction of sp³-hybridized carbons (Fsp3) is 0.385. The molecule has 188 valence electrons. The van der Waals surface area contributed by atoms with Crippen LogP contribution in [-0.2, 0) is 0 Å². The van der Waals surface area contributed by atoms with E-state index in [4.69, 9.17) is 23.2 Å². The lowest BCUT2D eigenvalue weighted by Gasteiger charge is -2.37. The summed E-state index contributed by atoms with van der Waals surface area (Å²) in [5.74, 6) is 4.77. The molecule has 0 saturated heterocycles. The summed E-state index contributed by atoms with van der Waals surface area (Å²) in [6.07, 6.45) is 6.08. The van der Waals surface area contributed by atoms with Gasteiger partial charge >= 0.3 is 5.97 Å². The number of hydrogen-bond donors (Lipinski definition) is 1. The lowest BCUT2D eigenvalue weighted by Crippen LogP contribution is -2.43. The molecule has 0 bridgehead atoms. The Balaban J connectivity index is 1.75. The van der Waals surface area contributed by atoms with Crippen LogP contribution in [0.15, 0.2) is 36.9 Å². The Morgan fingerprint density at radius 3 is 2.47 bits per heavy atom. The molecule has 1 fully saturated rings. The molecule has 0 aliphatic heterocycles. The molecule has 0 spiro atoms. The van der Waals surface area contributed by atoms with Crippen LogP contribution < -0.4 is 4.90 Å². The first kappa shape index (κ1) is 26.2. The van der Waals surface area contributed by atoms with Gasteiger partial charge in [0.15, 0.2) is 0 Å². The predicted octanol–water partition coefficient (Wildman–Crippen LogP) is 6.57. The SMILES string of the molecule is CC(C)(C)C#Cc1cc(N(C(=O)c2ccc(Cl)cc2Cl)C2CCC(n3cncn3)CC2)c(C(=O)O)s1. The average Bonchev–Trinajstić information content (AvgIpc) is 3.49. The molecule has 0 atom stereocenters. The normalized spacial score (nSPS) is 17.8. The molecule has 1 aliphatic carbocycles. The number of thiophene rings is 1. The van der Waals surface area contributed by atoms with Crippen molar-refractivity contribution in [1.82, 2.24) is 14.8 Å². The van der Waals surface area contributed by atoms with Crippen molar-refractivity contribution < 1.29 is 14.7 Å². The van der Waals surface area contributed by atoms with Crippen LogP contribution in [0.3, 0.4) is 0 Å². The van der Waals surface area contributed by atoms with Gasteiger partial charge in [-0.3, -0.25) is 4.79 Å². The quantitative estimate of drug-likeness (QED) is 0.366. The van der Waals surface area contributed by atoms with Crippen molar-refractivity contribution in [1.29, 1.82) is 0 Å². The van der Waals surface area contributed by atoms with E-state index in [1.165, 1.54) is 12.4 Å². The van der Waals surface area contributed by atoms with Gasteiger partial charge in [0.1, 0.15) is 17.5 Å². The molecule has 2 heterocycles. The number of halogens is 2. The van der Waals surface area contributed by atoms with E-state index in [0.29, 0.717) is 28.4 Å². The van der Waals surface area contributed by atoms with Gasteiger partial charge in [-0.05, 0) is 70.7 Å². The van der Waals surface area contributed by atoms with E-state index < -0.39 is 5.97 Å². The number of carbonyl (C=O) groups is 2. The maximum absolute atomic E-state index is 13.9. The lowest BCUT2D eigenvalue weighted by molar-refractivity contribution is 0.0702. The van der Waals surface area contributed by atoms with Gasteiger partial charge in [0.2, 0.25) is 0 Å². The standard InChI is InChI=1S/C26H26Cl2N4O3S/c1-26(2,3)11-10-19-13-22(23(36-19)25(34)35)32(24(33)20-9-4-16(27)12-21(20)28)18-7-5-17(6-8-18)31-15-29-14-30-31/h4,9,12-15,17-18H,5-8H2,1-3H3,(H,34,35). The second-order valence-corrected chi connectivity index (χ2v) is 11.7. The van der Waals surface area contributed by atoms with Crippen molar-refractivity contribution in [3.8, 4) is 11.8 Å². The molecular weight excluding hydrogens is 519 g/mol. The highest BCUT2D eigenvalue weighted by atomic mass is 35.5. The van der Waals surface area contributed by atoms with Crippen LogP contribution in [0.4, 0.5) is 5.69 Å². The smallest absolute Gasteiger partial charge is 0.348 e. The molecule has 10 heteroatoms. The van der Waals surface area contributed by atoms with Crippen LogP contribution in [0.1, 0.15) is 77.4 Å². The Bertz CT molecular complexity index is 1330. The lowest BCUT2D eigenvalue weighted by atomic mass is 9.89. The first-order valence-corrected chi connectivity index (χ1v) is 13.1. The number of anilines is 1. The monoisotopic (exact) mass is 544 g/mol. The first-order chi connectivity index (χ1) is 17.0. The Morgan fingerprint density at radius 1 is 1.17 bits per heavy atom. The van der Waals surface area contributed by atoms with Crippen molar-refractivity contribution in [3.63, 3.8) is 0 Å². The minimum atomic E-state index is -1.10. The summed E-state index contributed by atoms with van der Waals surface area (Å²) in [6, 6.07) is 6.36. The van der Waals surface area contributed by atoms with E-state index in [2.05, 4.69) is 21.9 Å². The van der Waals surface area contributed by atoms with E-state index in [1.807, 2.05) is 25.5 Å². The third kappa shape index (κ3) is 5.92. The fourth-order valence-corrected chi connectivity index (χ4v) is 5.61. The van der Waals surface area contributed by atoms with Gasteiger partial charge in [-0.15, -0.1) is 11.3 Å². The van der Waals surface area contributed by atoms with E-state index >= 15 is 0 Å². The molecule has 2 aromatic heterocycles. The van der Waals surface area contributed by atoms with Crippen molar-refractivity contribution in [3.05, 3.63) is 62.3 Å². The number of carboxylic acids is 1. The van der Waals surface area contributed by atoms with Gasteiger partial charge in [0.25, 0.3) is 5.91 Å². The number of hydrogen-bond acceptors (Lipinski definition) is 5. The van der Waals surface area contributed by atoms with E-state index in [0.717, 1.165) is 24.2 Å². The van der Waals surface area contributed by atoms with Crippen molar-refractivity contribution in [2.45, 2.75) is 58.5 Å². The maximum Gasteiger partial charge on any atom is 0.348 e. The molecule has 1 amide bonds. The van der Waals surface area contributed by atoms with Crippen LogP contribution in [0, 0.1) is 17.3 Å². The topological polar surface area (TPSA) is 88.3 Å². The molecule has 0 radical (unpaired) electrons. The molecule has 1 N–H and O–H groups in total. The second kappa shape index (κ2) is 10.6. The van der Waals surface area contributed by atoms with Crippen LogP contribution >= 0.6 is 34.5 Å². The van der Waals surface area contributed by atoms with E-state index in [-0.39, 0.29) is 38.9 Å². The molecule has 0 unspecified atom stereocenters. The van der Waals surface area contributed by atoms with Crippen LogP contribution in [0.5, 0.6) is 0 Å². The summed E-state index contributed by atoms with van der Waals surface area (Å²) >= 11 is 13.5. The van der Waals surface area contributed by atoms with Crippen LogP contribution in [0.2, 0.25) is 10.0 Å². The maximum atomic E-state index is 13.9. The first-order valence-electron chi connectivity index (χ1n) is 11.6. The summed E-state index contributed by atoms with van der Waals surface area (Å²) in [4.78, 5) is 32.5. The minimum Gasteiger partial charge on any atom is -0.477 e. The average molecular weight is 545 g/mol. The highest BCUT2D eigenvalue weighted by molar-refractivity contribution is 7.15. The zero-order chi connectivity index (χ0) is 26.0. The Morgan fingerprint density at radius 2 is 1.89 bits per heavy atom. The van der Waals surface area contributed by atoms with Crippen LogP contribution in [0.25, 0.3) is 0 Å². The van der Waals surface area contributed by atoms with Gasteiger partial charge in [-0.2, -0.15) is 5.10 Å². The molecule has 1 aliphatic rings. The molecule has 4 rings (SSSR count). The second-order valence-electron chi connectivity index (χ2n) is 9.77. The van der Waals surface area contributed by atoms with Crippen molar-refractivity contribution in [2.24, 2.45) is 5.41 Å². The fourth-order valence-electron chi connectivity index (χ4n) is 4.28. The summed E-state index contributed by atoms with van der Waals surface area (Å²) in [6.45, 7) is 5.95. The van der Waals surface area contributed by atoms with E-state index in [9.17, 15) is 14.7 Å². The Kier molecular flexibility index (Phi) is 7.74. The number of amides is 1. The minimum absolute atomic E-state index is 0.0741. The van der Waals surface area contributed by atoms with Crippen molar-refractivity contribution in [2.75, 3.05) is 4.90 Å². The van der Waals surface area contributed by atoms with E-state index in [1.54, 1.807) is 29.4 Å². The number of rotatable bonds is 5. The highest BCUT2D eigenvalue weighted by Gasteiger charge is 2.35. The molecule has 36 heavy (non-hydrogen) atoms. The highest BCUT2D eigenvalue weighted by Crippen LogP contribution is 2.39. The van der Waals surface area contributed by atoms with Gasteiger partial charge in [0, 0.05) is 16.5 Å². The molecule has 1 aromatic carbocycles. The van der Waals surface area contributed by atoms with Crippen LogP contribution in [-0.4, -0.2) is 37.8 Å². The summed E-state index contributed by atoms with van der Waals surface area (Å²) in [5.41, 5.74) is 0.356. The summed E-state index contributed by atoms with van der Waals surface area (Å²) < 4.78 is 1.84. The predicted molar refractivity (Wildman–Crippen MR) is 142 cm³/mol. The zero-order valence-electron chi connectivity index (χ0n) is 20.2. The molecule has 1 saturated carbocycles. The summed E-state index contributed by atoms with van der Waals surface area (Å²) in [7, 11) is 0. The zero-order valence-corrected chi connectivity index (χ0v) is 22.5. The summed E-state index contributed by atoms with van der Waals surface area (Å²) in [5, 5.41) is 14.9. The van der Waals surface area contributed by atoms with Crippen molar-refractivity contribution >= 4 is 52.1 Å². The van der Waals surface area contributed by atoms with Gasteiger partial charge in [0.05, 0.1) is 27.2 Å². The number of carboxylic acid groups (broad SMARTS) is 1. The number of carbonyl (C=O) groups excluding carboxylic acids is 1. The molecule has 3 aromatic rings. The van der Waals surface area contributed by atoms with Gasteiger partial charge < -0.3 is 10.0 Å². The number of nitrogens with zero attached hydrogens (tertiary/aromatic N) is 4. The van der Waals surface area contributed by atoms with Gasteiger partial charge in [-0.1, -0.05) is 35.0 Å². The largest absolute Gasteiger partial charge is 0.477 e. The number of aromatic carboxylic acids is 1. The Labute approximate surface area is 224 Å². The number of benzene rings is 1. The molecule has 7 nitrogen and oxygen atoms in total. The Hall–Kier alpha value is -2.86. The third-order valence-electron chi connectivity index (χ3n) is 5.95. The third-order valence-corrected chi connectivity index (χ3v) is 7.52. The number of aromatic nitrogens is 3. The van der Waals surface area contributed by atoms with Gasteiger partial charge in [-0.25, -0.2) is 14.5 Å².